The average molecular weight is 607 g/mol. The molecule has 0 spiro atoms. The van der Waals surface area contributed by atoms with Gasteiger partial charge in [-0.15, -0.1) is 0 Å². The van der Waals surface area contributed by atoms with Gasteiger partial charge in [-0.25, -0.2) is 0 Å². The lowest BCUT2D eigenvalue weighted by Gasteiger charge is -2.44. The molecule has 0 rings (SSSR count). The largest absolute Gasteiger partial charge is 0.340 e. The first-order valence-electron chi connectivity index (χ1n) is 3.30. The molecule has 13 heavy (non-hydrogen) atoms. The monoisotopic (exact) mass is 601 g/mol. The van der Waals surface area contributed by atoms with E-state index in [1.54, 1.807) is 0 Å². The van der Waals surface area contributed by atoms with Gasteiger partial charge in [-0.3, -0.25) is 4.23 Å². The number of halogens is 6. The first-order chi connectivity index (χ1) is 5.37. The Morgan fingerprint density at radius 1 is 0.769 bits per heavy atom. The molecule has 0 aliphatic carbocycles. The maximum Gasteiger partial charge on any atom is 0.340 e. The van der Waals surface area contributed by atoms with Crippen molar-refractivity contribution in [3.63, 3.8) is 0 Å². The third-order valence-electron chi connectivity index (χ3n) is 1.18. The highest BCUT2D eigenvalue weighted by Crippen LogP contribution is 2.47. The van der Waals surface area contributed by atoms with Crippen molar-refractivity contribution in [3.8, 4) is 0 Å². The van der Waals surface area contributed by atoms with Crippen LogP contribution in [-0.2, 0) is 0 Å². The second-order valence-corrected chi connectivity index (χ2v) is 46.5. The molecule has 0 saturated carbocycles. The molecular formula is C4H9Br6NSi2. The van der Waals surface area contributed by atoms with Crippen LogP contribution in [0.25, 0.3) is 0 Å². The Labute approximate surface area is 128 Å². The van der Waals surface area contributed by atoms with Crippen molar-refractivity contribution in [2.75, 3.05) is 0 Å². The van der Waals surface area contributed by atoms with E-state index in [1.807, 2.05) is 0 Å². The molecule has 0 heterocycles. The number of rotatable bonds is 2. The average Bonchev–Trinajstić information content (AvgIpc) is 1.44. The van der Waals surface area contributed by atoms with Crippen LogP contribution in [0.1, 0.15) is 20.8 Å². The molecule has 0 fully saturated rings. The summed E-state index contributed by atoms with van der Waals surface area (Å²) in [6, 6.07) is 0. The Balaban J connectivity index is 5.02. The Hall–Kier alpha value is 3.27. The first kappa shape index (κ1) is 16.3. The minimum Gasteiger partial charge on any atom is -0.289 e. The van der Waals surface area contributed by atoms with Crippen LogP contribution in [0.4, 0.5) is 0 Å². The quantitative estimate of drug-likeness (QED) is 0.304. The Kier molecular flexibility index (Phi) is 6.61. The molecule has 0 amide bonds. The summed E-state index contributed by atoms with van der Waals surface area (Å²) in [5.41, 5.74) is 0.0610. The lowest BCUT2D eigenvalue weighted by atomic mass is 10.1. The van der Waals surface area contributed by atoms with Crippen LogP contribution in [-0.4, -0.2) is 18.0 Å². The Bertz CT molecular complexity index is 145. The second kappa shape index (κ2) is 5.28. The van der Waals surface area contributed by atoms with Gasteiger partial charge in [0.2, 0.25) is 0 Å². The molecule has 0 aromatic carbocycles. The molecule has 0 saturated heterocycles. The van der Waals surface area contributed by atoms with Gasteiger partial charge >= 0.3 is 8.19 Å². The fourth-order valence-corrected chi connectivity index (χ4v) is 46.8. The Morgan fingerprint density at radius 2 is 1.00 bits per heavy atom. The van der Waals surface area contributed by atoms with Crippen molar-refractivity contribution in [2.24, 2.45) is 0 Å². The third kappa shape index (κ3) is 5.95. The SMILES string of the molecule is CC(C)(C)N([Si](Br)(Br)Br)[Si](Br)(Br)Br. The van der Waals surface area contributed by atoms with Crippen molar-refractivity contribution >= 4 is 99.9 Å². The lowest BCUT2D eigenvalue weighted by molar-refractivity contribution is 0.380. The summed E-state index contributed by atoms with van der Waals surface area (Å²) >= 11 is 22.0. The Morgan fingerprint density at radius 3 is 1.00 bits per heavy atom. The zero-order valence-corrected chi connectivity index (χ0v) is 18.7. The van der Waals surface area contributed by atoms with Gasteiger partial charge in [0.1, 0.15) is 0 Å². The number of nitrogens with zero attached hydrogens (tertiary/aromatic N) is 1. The van der Waals surface area contributed by atoms with Gasteiger partial charge in [-0.05, 0) is 20.8 Å². The van der Waals surface area contributed by atoms with E-state index in [2.05, 4.69) is 117 Å². The zero-order chi connectivity index (χ0) is 11.1. The van der Waals surface area contributed by atoms with Crippen molar-refractivity contribution in [3.05, 3.63) is 0 Å². The van der Waals surface area contributed by atoms with Crippen LogP contribution in [0, 0.1) is 0 Å². The van der Waals surface area contributed by atoms with Gasteiger partial charge < -0.3 is 0 Å². The maximum absolute atomic E-state index is 3.66. The minimum atomic E-state index is -1.87. The fourth-order valence-electron chi connectivity index (χ4n) is 0.904. The summed E-state index contributed by atoms with van der Waals surface area (Å²) in [7, 11) is 0. The lowest BCUT2D eigenvalue weighted by Crippen LogP contribution is -2.59. The third-order valence-corrected chi connectivity index (χ3v) is 17.8. The molecule has 9 heteroatoms. The second-order valence-electron chi connectivity index (χ2n) is 3.44. The first-order valence-corrected chi connectivity index (χ1v) is 20.7. The summed E-state index contributed by atoms with van der Waals surface area (Å²) in [4.78, 5) is 0. The minimum absolute atomic E-state index is 0.0610. The van der Waals surface area contributed by atoms with Gasteiger partial charge in [0.05, 0.1) is 0 Å². The van der Waals surface area contributed by atoms with Crippen LogP contribution in [0.2, 0.25) is 0 Å². The summed E-state index contributed by atoms with van der Waals surface area (Å²) < 4.78 is -1.39. The van der Waals surface area contributed by atoms with Crippen molar-refractivity contribution in [2.45, 2.75) is 26.3 Å². The van der Waals surface area contributed by atoms with Crippen molar-refractivity contribution in [1.29, 1.82) is 0 Å². The van der Waals surface area contributed by atoms with E-state index in [0.29, 0.717) is 0 Å². The molecule has 0 atom stereocenters. The molecule has 0 aromatic heterocycles. The summed E-state index contributed by atoms with van der Waals surface area (Å²) in [5.74, 6) is 0. The van der Waals surface area contributed by atoms with Gasteiger partial charge in [-0.2, -0.15) is 0 Å². The highest BCUT2D eigenvalue weighted by Gasteiger charge is 2.50. The molecule has 0 bridgehead atoms. The normalized spacial score (nSPS) is 15.2. The maximum atomic E-state index is 3.66. The van der Waals surface area contributed by atoms with E-state index in [9.17, 15) is 0 Å². The van der Waals surface area contributed by atoms with Crippen LogP contribution in [0.15, 0.2) is 0 Å². The van der Waals surface area contributed by atoms with Crippen LogP contribution >= 0.6 is 91.8 Å². The molecule has 0 aliphatic heterocycles. The molecule has 1 nitrogen and oxygen atoms in total. The van der Waals surface area contributed by atoms with Crippen molar-refractivity contribution in [1.82, 2.24) is 4.23 Å². The highest BCUT2D eigenvalue weighted by atomic mass is 80.0. The van der Waals surface area contributed by atoms with E-state index in [4.69, 9.17) is 0 Å². The van der Waals surface area contributed by atoms with E-state index in [0.717, 1.165) is 0 Å². The predicted molar refractivity (Wildman–Crippen MR) is 86.7 cm³/mol. The van der Waals surface area contributed by atoms with Crippen LogP contribution in [0.5, 0.6) is 0 Å². The van der Waals surface area contributed by atoms with E-state index < -0.39 is 8.19 Å². The molecule has 0 aliphatic rings. The van der Waals surface area contributed by atoms with E-state index in [-0.39, 0.29) is 5.54 Å². The standard InChI is InChI=1S/C4H9Br6NSi2/c1-4(2,3)11(12(5,6)7)13(8,9)10/h1-3H3. The number of hydrogen-bond donors (Lipinski definition) is 0. The summed E-state index contributed by atoms with van der Waals surface area (Å²) in [6.07, 6.45) is 0. The number of hydrogen-bond acceptors (Lipinski definition) is 1. The van der Waals surface area contributed by atoms with Gasteiger partial charge in [0.25, 0.3) is 0 Å². The summed E-state index contributed by atoms with van der Waals surface area (Å²) in [5, 5.41) is 0. The molecule has 0 unspecified atom stereocenters. The topological polar surface area (TPSA) is 3.24 Å². The molecule has 0 aromatic rings. The predicted octanol–water partition coefficient (Wildman–Crippen LogP) is 5.33. The molecule has 0 radical (unpaired) electrons. The molecular weight excluding hydrogens is 598 g/mol. The van der Waals surface area contributed by atoms with Crippen molar-refractivity contribution < 1.29 is 0 Å². The van der Waals surface area contributed by atoms with Gasteiger partial charge in [-0.1, -0.05) is 91.8 Å². The van der Waals surface area contributed by atoms with Gasteiger partial charge in [0, 0.05) is 5.54 Å². The van der Waals surface area contributed by atoms with E-state index in [1.165, 1.54) is 0 Å². The zero-order valence-electron chi connectivity index (χ0n) is 7.22. The van der Waals surface area contributed by atoms with Crippen LogP contribution < -0.4 is 0 Å². The molecule has 0 N–H and O–H groups in total. The summed E-state index contributed by atoms with van der Waals surface area (Å²) in [6.45, 7) is 6.51. The fraction of sp³-hybridized carbons (Fsp3) is 1.00. The smallest absolute Gasteiger partial charge is 0.289 e. The van der Waals surface area contributed by atoms with E-state index >= 15 is 0 Å². The molecule has 80 valence electrons. The highest BCUT2D eigenvalue weighted by molar-refractivity contribution is 9.74. The van der Waals surface area contributed by atoms with Gasteiger partial charge in [0.15, 0.2) is 0 Å². The van der Waals surface area contributed by atoms with Crippen LogP contribution in [0.3, 0.4) is 0 Å².